The average molecular weight is 254 g/mol. The van der Waals surface area contributed by atoms with Crippen LogP contribution in [0.25, 0.3) is 6.08 Å². The lowest BCUT2D eigenvalue weighted by molar-refractivity contribution is 0.242. The van der Waals surface area contributed by atoms with Gasteiger partial charge in [0.05, 0.1) is 0 Å². The molecule has 2 saturated carbocycles. The second-order valence-corrected chi connectivity index (χ2v) is 5.61. The molecule has 0 aromatic heterocycles. The summed E-state index contributed by atoms with van der Waals surface area (Å²) in [5, 5.41) is 0. The predicted molar refractivity (Wildman–Crippen MR) is 80.3 cm³/mol. The normalized spacial score (nSPS) is 22.8. The topological polar surface area (TPSA) is 9.23 Å². The van der Waals surface area contributed by atoms with Gasteiger partial charge in [-0.3, -0.25) is 0 Å². The first-order chi connectivity index (χ1) is 9.36. The molecule has 0 aliphatic heterocycles. The van der Waals surface area contributed by atoms with Crippen molar-refractivity contribution >= 4 is 6.08 Å². The number of hydrogen-bond acceptors (Lipinski definition) is 1. The molecule has 1 aromatic carbocycles. The van der Waals surface area contributed by atoms with E-state index in [9.17, 15) is 0 Å². The Bertz CT molecular complexity index is 473. The third-order valence-corrected chi connectivity index (χ3v) is 4.36. The maximum absolute atomic E-state index is 6.21. The second kappa shape index (κ2) is 5.64. The van der Waals surface area contributed by atoms with Crippen molar-refractivity contribution in [1.29, 1.82) is 0 Å². The molecule has 0 amide bonds. The molecule has 100 valence electrons. The summed E-state index contributed by atoms with van der Waals surface area (Å²) in [7, 11) is 0. The molecule has 19 heavy (non-hydrogen) atoms. The summed E-state index contributed by atoms with van der Waals surface area (Å²) in [6.07, 6.45) is 11.3. The third-order valence-electron chi connectivity index (χ3n) is 4.36. The summed E-state index contributed by atoms with van der Waals surface area (Å²) in [6, 6.07) is 8.26. The SMILES string of the molecule is C=Cc1ccc(OC2CCCC2=C2CCCC2)cc1. The van der Waals surface area contributed by atoms with Gasteiger partial charge >= 0.3 is 0 Å². The molecule has 1 atom stereocenters. The molecule has 0 saturated heterocycles. The highest BCUT2D eigenvalue weighted by molar-refractivity contribution is 5.48. The van der Waals surface area contributed by atoms with Crippen LogP contribution in [0.2, 0.25) is 0 Å². The van der Waals surface area contributed by atoms with Crippen molar-refractivity contribution in [3.05, 3.63) is 47.6 Å². The number of ether oxygens (including phenoxy) is 1. The van der Waals surface area contributed by atoms with E-state index in [4.69, 9.17) is 4.74 Å². The van der Waals surface area contributed by atoms with Crippen molar-refractivity contribution < 1.29 is 4.74 Å². The molecule has 2 aliphatic carbocycles. The van der Waals surface area contributed by atoms with Crippen molar-refractivity contribution in [3.63, 3.8) is 0 Å². The van der Waals surface area contributed by atoms with E-state index >= 15 is 0 Å². The summed E-state index contributed by atoms with van der Waals surface area (Å²) >= 11 is 0. The molecule has 1 nitrogen and oxygen atoms in total. The predicted octanol–water partition coefficient (Wildman–Crippen LogP) is 5.13. The van der Waals surface area contributed by atoms with Crippen LogP contribution >= 0.6 is 0 Å². The number of rotatable bonds is 3. The van der Waals surface area contributed by atoms with Crippen LogP contribution in [0.1, 0.15) is 50.5 Å². The Balaban J connectivity index is 1.74. The summed E-state index contributed by atoms with van der Waals surface area (Å²) in [5.74, 6) is 0.994. The molecule has 0 heterocycles. The van der Waals surface area contributed by atoms with Crippen molar-refractivity contribution in [2.75, 3.05) is 0 Å². The molecule has 1 heteroatoms. The van der Waals surface area contributed by atoms with Gasteiger partial charge in [-0.2, -0.15) is 0 Å². The first kappa shape index (κ1) is 12.5. The minimum atomic E-state index is 0.336. The van der Waals surface area contributed by atoms with E-state index in [1.54, 1.807) is 11.1 Å². The zero-order valence-corrected chi connectivity index (χ0v) is 11.5. The van der Waals surface area contributed by atoms with Gasteiger partial charge in [0.2, 0.25) is 0 Å². The monoisotopic (exact) mass is 254 g/mol. The zero-order chi connectivity index (χ0) is 13.1. The Hall–Kier alpha value is -1.50. The standard InChI is InChI=1S/C18H22O/c1-2-14-10-12-16(13-11-14)19-18-9-5-8-17(18)15-6-3-4-7-15/h2,10-13,18H,1,3-9H2. The molecule has 1 aromatic rings. The first-order valence-corrected chi connectivity index (χ1v) is 7.47. The highest BCUT2D eigenvalue weighted by Gasteiger charge is 2.26. The number of benzene rings is 1. The number of hydrogen-bond donors (Lipinski definition) is 0. The highest BCUT2D eigenvalue weighted by atomic mass is 16.5. The molecule has 2 aliphatic rings. The van der Waals surface area contributed by atoms with Crippen LogP contribution in [0.3, 0.4) is 0 Å². The van der Waals surface area contributed by atoms with Crippen LogP contribution in [0.4, 0.5) is 0 Å². The van der Waals surface area contributed by atoms with Crippen LogP contribution in [0.15, 0.2) is 42.0 Å². The maximum atomic E-state index is 6.21. The highest BCUT2D eigenvalue weighted by Crippen LogP contribution is 2.37. The quantitative estimate of drug-likeness (QED) is 0.679. The van der Waals surface area contributed by atoms with Crippen LogP contribution < -0.4 is 4.74 Å². The Kier molecular flexibility index (Phi) is 3.72. The van der Waals surface area contributed by atoms with Crippen molar-refractivity contribution in [1.82, 2.24) is 0 Å². The van der Waals surface area contributed by atoms with Gasteiger partial charge in [0.25, 0.3) is 0 Å². The average Bonchev–Trinajstić information content (AvgIpc) is 3.10. The van der Waals surface area contributed by atoms with Gasteiger partial charge in [0.1, 0.15) is 11.9 Å². The second-order valence-electron chi connectivity index (χ2n) is 5.61. The molecular formula is C18H22O. The van der Waals surface area contributed by atoms with Crippen LogP contribution in [0, 0.1) is 0 Å². The van der Waals surface area contributed by atoms with Crippen molar-refractivity contribution in [2.45, 2.75) is 51.0 Å². The fraction of sp³-hybridized carbons (Fsp3) is 0.444. The molecular weight excluding hydrogens is 232 g/mol. The molecule has 0 bridgehead atoms. The summed E-state index contributed by atoms with van der Waals surface area (Å²) in [4.78, 5) is 0. The van der Waals surface area contributed by atoms with Gasteiger partial charge in [-0.1, -0.05) is 30.4 Å². The molecule has 2 fully saturated rings. The van der Waals surface area contributed by atoms with Gasteiger partial charge in [-0.25, -0.2) is 0 Å². The van der Waals surface area contributed by atoms with Gasteiger partial charge < -0.3 is 4.74 Å². The summed E-state index contributed by atoms with van der Waals surface area (Å²) in [5.41, 5.74) is 4.46. The Morgan fingerprint density at radius 3 is 2.42 bits per heavy atom. The molecule has 0 radical (unpaired) electrons. The van der Waals surface area contributed by atoms with E-state index in [1.807, 2.05) is 6.08 Å². The van der Waals surface area contributed by atoms with E-state index in [2.05, 4.69) is 30.8 Å². The lowest BCUT2D eigenvalue weighted by Crippen LogP contribution is -2.15. The van der Waals surface area contributed by atoms with Crippen LogP contribution in [0.5, 0.6) is 5.75 Å². The minimum absolute atomic E-state index is 0.336. The summed E-state index contributed by atoms with van der Waals surface area (Å²) in [6.45, 7) is 3.78. The lowest BCUT2D eigenvalue weighted by Gasteiger charge is -2.17. The number of allylic oxidation sites excluding steroid dienone is 1. The maximum Gasteiger partial charge on any atom is 0.120 e. The fourth-order valence-corrected chi connectivity index (χ4v) is 3.32. The van der Waals surface area contributed by atoms with E-state index < -0.39 is 0 Å². The van der Waals surface area contributed by atoms with Gasteiger partial charge in [-0.15, -0.1) is 0 Å². The van der Waals surface area contributed by atoms with E-state index in [-0.39, 0.29) is 0 Å². The zero-order valence-electron chi connectivity index (χ0n) is 11.5. The minimum Gasteiger partial charge on any atom is -0.486 e. The Morgan fingerprint density at radius 2 is 1.74 bits per heavy atom. The summed E-state index contributed by atoms with van der Waals surface area (Å²) < 4.78 is 6.21. The smallest absolute Gasteiger partial charge is 0.120 e. The third kappa shape index (κ3) is 2.75. The van der Waals surface area contributed by atoms with Crippen LogP contribution in [-0.4, -0.2) is 6.10 Å². The fourth-order valence-electron chi connectivity index (χ4n) is 3.32. The van der Waals surface area contributed by atoms with E-state index in [0.717, 1.165) is 11.3 Å². The van der Waals surface area contributed by atoms with Gasteiger partial charge in [0.15, 0.2) is 0 Å². The Labute approximate surface area is 116 Å². The van der Waals surface area contributed by atoms with Crippen molar-refractivity contribution in [2.24, 2.45) is 0 Å². The molecule has 0 N–H and O–H groups in total. The van der Waals surface area contributed by atoms with E-state index in [1.165, 1.54) is 44.9 Å². The van der Waals surface area contributed by atoms with Gasteiger partial charge in [0, 0.05) is 0 Å². The molecule has 1 unspecified atom stereocenters. The molecule has 0 spiro atoms. The van der Waals surface area contributed by atoms with Gasteiger partial charge in [-0.05, 0) is 68.2 Å². The molecule has 3 rings (SSSR count). The lowest BCUT2D eigenvalue weighted by atomic mass is 10.0. The van der Waals surface area contributed by atoms with E-state index in [0.29, 0.717) is 6.10 Å². The van der Waals surface area contributed by atoms with Crippen LogP contribution in [-0.2, 0) is 0 Å². The largest absolute Gasteiger partial charge is 0.486 e. The Morgan fingerprint density at radius 1 is 1.00 bits per heavy atom. The first-order valence-electron chi connectivity index (χ1n) is 7.47. The van der Waals surface area contributed by atoms with Crippen molar-refractivity contribution in [3.8, 4) is 5.75 Å².